The van der Waals surface area contributed by atoms with Crippen LogP contribution in [0.5, 0.6) is 0 Å². The van der Waals surface area contributed by atoms with E-state index in [1.165, 1.54) is 31.8 Å². The van der Waals surface area contributed by atoms with E-state index in [9.17, 15) is 9.59 Å². The first-order chi connectivity index (χ1) is 14.0. The quantitative estimate of drug-likeness (QED) is 0.366. The molecule has 1 saturated heterocycles. The lowest BCUT2D eigenvalue weighted by Crippen LogP contribution is -2.43. The minimum atomic E-state index is -0.829. The molecule has 2 amide bonds. The van der Waals surface area contributed by atoms with Crippen LogP contribution in [-0.2, 0) is 4.79 Å². The van der Waals surface area contributed by atoms with Gasteiger partial charge in [-0.15, -0.1) is 0 Å². The van der Waals surface area contributed by atoms with Crippen molar-refractivity contribution in [1.29, 1.82) is 0 Å². The van der Waals surface area contributed by atoms with Crippen molar-refractivity contribution in [3.8, 4) is 11.8 Å². The lowest BCUT2D eigenvalue weighted by atomic mass is 10.1. The largest absolute Gasteiger partial charge is 0.340 e. The Morgan fingerprint density at radius 3 is 2.17 bits per heavy atom. The number of rotatable bonds is 3. The molecule has 2 aromatic rings. The molecule has 3 rings (SSSR count). The van der Waals surface area contributed by atoms with Gasteiger partial charge in [-0.2, -0.15) is 0 Å². The van der Waals surface area contributed by atoms with Crippen molar-refractivity contribution in [3.63, 3.8) is 0 Å². The van der Waals surface area contributed by atoms with Gasteiger partial charge in [-0.05, 0) is 69.6 Å². The van der Waals surface area contributed by atoms with Crippen LogP contribution in [0.2, 0.25) is 0 Å². The van der Waals surface area contributed by atoms with Crippen molar-refractivity contribution in [3.05, 3.63) is 71.3 Å². The molecule has 2 atom stereocenters. The Morgan fingerprint density at radius 2 is 1.69 bits per heavy atom. The maximum absolute atomic E-state index is 12.0. The average Bonchev–Trinajstić information content (AvgIpc) is 3.24. The van der Waals surface area contributed by atoms with Gasteiger partial charge in [-0.1, -0.05) is 30.0 Å². The molecule has 0 spiro atoms. The molecule has 0 aromatic heterocycles. The zero-order valence-electron chi connectivity index (χ0n) is 16.7. The molecule has 2 aromatic carbocycles. The van der Waals surface area contributed by atoms with Crippen molar-refractivity contribution < 1.29 is 14.8 Å². The number of nitrogens with one attached hydrogen (secondary N) is 3. The molecule has 1 heterocycles. The van der Waals surface area contributed by atoms with Gasteiger partial charge < -0.3 is 10.6 Å². The van der Waals surface area contributed by atoms with Crippen molar-refractivity contribution in [2.24, 2.45) is 0 Å². The van der Waals surface area contributed by atoms with Gasteiger partial charge in [-0.25, -0.2) is 5.48 Å². The van der Waals surface area contributed by atoms with Gasteiger partial charge in [0.1, 0.15) is 6.04 Å². The second kappa shape index (κ2) is 11.6. The number of amides is 2. The zero-order valence-corrected chi connectivity index (χ0v) is 16.7. The van der Waals surface area contributed by atoms with Gasteiger partial charge in [0.25, 0.3) is 11.8 Å². The summed E-state index contributed by atoms with van der Waals surface area (Å²) in [5.41, 5.74) is 3.60. The Kier molecular flexibility index (Phi) is 8.90. The molecule has 1 aliphatic heterocycles. The number of benzene rings is 2. The summed E-state index contributed by atoms with van der Waals surface area (Å²) in [7, 11) is 0. The van der Waals surface area contributed by atoms with Crippen LogP contribution in [0.1, 0.15) is 48.2 Å². The van der Waals surface area contributed by atoms with Crippen LogP contribution in [0, 0.1) is 11.8 Å². The van der Waals surface area contributed by atoms with E-state index >= 15 is 0 Å². The van der Waals surface area contributed by atoms with Gasteiger partial charge in [-0.3, -0.25) is 14.8 Å². The van der Waals surface area contributed by atoms with E-state index in [2.05, 4.69) is 29.4 Å². The van der Waals surface area contributed by atoms with E-state index in [4.69, 9.17) is 5.21 Å². The summed E-state index contributed by atoms with van der Waals surface area (Å²) in [5.74, 6) is 4.97. The molecule has 6 heteroatoms. The van der Waals surface area contributed by atoms with E-state index in [0.717, 1.165) is 17.2 Å². The summed E-state index contributed by atoms with van der Waals surface area (Å²) in [6.07, 6.45) is 2.75. The first-order valence-corrected chi connectivity index (χ1v) is 9.65. The number of hydrogen-bond acceptors (Lipinski definition) is 4. The summed E-state index contributed by atoms with van der Waals surface area (Å²) in [4.78, 5) is 23.1. The van der Waals surface area contributed by atoms with E-state index in [1.807, 2.05) is 30.3 Å². The molecular weight excluding hydrogens is 366 g/mol. The SMILES string of the molecule is CC(NC(=O)c1ccc(C#Cc2ccccc2)cc1)C(=O)NO.CC1CCCN1. The van der Waals surface area contributed by atoms with Crippen LogP contribution < -0.4 is 16.1 Å². The third-order valence-electron chi connectivity index (χ3n) is 4.43. The zero-order chi connectivity index (χ0) is 21.1. The maximum atomic E-state index is 12.0. The van der Waals surface area contributed by atoms with Crippen LogP contribution in [0.3, 0.4) is 0 Å². The van der Waals surface area contributed by atoms with Crippen molar-refractivity contribution >= 4 is 11.8 Å². The predicted molar refractivity (Wildman–Crippen MR) is 112 cm³/mol. The molecule has 0 bridgehead atoms. The fraction of sp³-hybridized carbons (Fsp3) is 0.304. The smallest absolute Gasteiger partial charge is 0.265 e. The Morgan fingerprint density at radius 1 is 1.07 bits per heavy atom. The van der Waals surface area contributed by atoms with E-state index in [-0.39, 0.29) is 0 Å². The second-order valence-electron chi connectivity index (χ2n) is 6.86. The minimum Gasteiger partial charge on any atom is -0.340 e. The summed E-state index contributed by atoms with van der Waals surface area (Å²) in [5, 5.41) is 14.3. The second-order valence-corrected chi connectivity index (χ2v) is 6.86. The van der Waals surface area contributed by atoms with E-state index in [1.54, 1.807) is 24.3 Å². The lowest BCUT2D eigenvalue weighted by molar-refractivity contribution is -0.130. The molecule has 0 radical (unpaired) electrons. The highest BCUT2D eigenvalue weighted by Gasteiger charge is 2.15. The molecule has 29 heavy (non-hydrogen) atoms. The maximum Gasteiger partial charge on any atom is 0.265 e. The molecule has 152 valence electrons. The molecule has 2 unspecified atom stereocenters. The Labute approximate surface area is 171 Å². The van der Waals surface area contributed by atoms with Gasteiger partial charge in [0.05, 0.1) is 0 Å². The number of carbonyl (C=O) groups is 2. The molecule has 1 fully saturated rings. The van der Waals surface area contributed by atoms with Crippen LogP contribution in [0.25, 0.3) is 0 Å². The Hall–Kier alpha value is -3.14. The van der Waals surface area contributed by atoms with Crippen LogP contribution in [-0.4, -0.2) is 35.7 Å². The molecular formula is C23H27N3O3. The molecule has 1 aliphatic rings. The fourth-order valence-electron chi connectivity index (χ4n) is 2.67. The van der Waals surface area contributed by atoms with Gasteiger partial charge in [0.2, 0.25) is 0 Å². The Balaban J connectivity index is 0.000000426. The summed E-state index contributed by atoms with van der Waals surface area (Å²) < 4.78 is 0. The minimum absolute atomic E-state index is 0.399. The highest BCUT2D eigenvalue weighted by molar-refractivity contribution is 5.97. The third-order valence-corrected chi connectivity index (χ3v) is 4.43. The number of carbonyl (C=O) groups excluding carboxylic acids is 2. The number of hydroxylamine groups is 1. The third kappa shape index (κ3) is 7.78. The highest BCUT2D eigenvalue weighted by Crippen LogP contribution is 2.05. The van der Waals surface area contributed by atoms with Crippen LogP contribution in [0.4, 0.5) is 0 Å². The predicted octanol–water partition coefficient (Wildman–Crippen LogP) is 2.47. The Bertz CT molecular complexity index is 848. The summed E-state index contributed by atoms with van der Waals surface area (Å²) in [6, 6.07) is 16.3. The first kappa shape index (κ1) is 22.2. The molecule has 4 N–H and O–H groups in total. The topological polar surface area (TPSA) is 90.5 Å². The van der Waals surface area contributed by atoms with Crippen molar-refractivity contribution in [1.82, 2.24) is 16.1 Å². The van der Waals surface area contributed by atoms with Crippen LogP contribution in [0.15, 0.2) is 54.6 Å². The normalized spacial score (nSPS) is 15.8. The van der Waals surface area contributed by atoms with Gasteiger partial charge in [0, 0.05) is 22.7 Å². The van der Waals surface area contributed by atoms with Crippen molar-refractivity contribution in [2.45, 2.75) is 38.8 Å². The molecule has 0 aliphatic carbocycles. The fourth-order valence-corrected chi connectivity index (χ4v) is 2.67. The number of hydrogen-bond donors (Lipinski definition) is 4. The van der Waals surface area contributed by atoms with Gasteiger partial charge >= 0.3 is 0 Å². The lowest BCUT2D eigenvalue weighted by Gasteiger charge is -2.11. The summed E-state index contributed by atoms with van der Waals surface area (Å²) in [6.45, 7) is 4.94. The average molecular weight is 393 g/mol. The van der Waals surface area contributed by atoms with Crippen molar-refractivity contribution in [2.75, 3.05) is 6.54 Å². The monoisotopic (exact) mass is 393 g/mol. The van der Waals surface area contributed by atoms with Crippen LogP contribution >= 0.6 is 0 Å². The molecule has 0 saturated carbocycles. The first-order valence-electron chi connectivity index (χ1n) is 9.65. The molecule has 6 nitrogen and oxygen atoms in total. The summed E-state index contributed by atoms with van der Waals surface area (Å²) >= 11 is 0. The van der Waals surface area contributed by atoms with E-state index < -0.39 is 17.9 Å². The van der Waals surface area contributed by atoms with Gasteiger partial charge in [0.15, 0.2) is 0 Å². The van der Waals surface area contributed by atoms with E-state index in [0.29, 0.717) is 5.56 Å². The highest BCUT2D eigenvalue weighted by atomic mass is 16.5. The standard InChI is InChI=1S/C18H16N2O3.C5H11N/c1-13(17(21)20-23)19-18(22)16-11-9-15(10-12-16)8-7-14-5-3-2-4-6-14;1-5-3-2-4-6-5/h2-6,9-13,23H,1H3,(H,19,22)(H,20,21);5-6H,2-4H2,1H3.